The molecule has 0 aliphatic rings. The average molecular weight is 360 g/mol. The fraction of sp³-hybridized carbons (Fsp3) is 0. The topological polar surface area (TPSA) is 98.6 Å². The molecule has 0 saturated carbocycles. The van der Waals surface area contributed by atoms with Crippen LogP contribution in [0.5, 0.6) is 0 Å². The summed E-state index contributed by atoms with van der Waals surface area (Å²) >= 11 is 0. The fourth-order valence-corrected chi connectivity index (χ4v) is 3.14. The van der Waals surface area contributed by atoms with E-state index < -0.39 is 21.7 Å². The van der Waals surface area contributed by atoms with E-state index in [1.807, 2.05) is 0 Å². The van der Waals surface area contributed by atoms with E-state index in [0.717, 1.165) is 12.3 Å². The van der Waals surface area contributed by atoms with E-state index in [4.69, 9.17) is 5.26 Å². The monoisotopic (exact) mass is 360 g/mol. The van der Waals surface area contributed by atoms with Crippen molar-refractivity contribution in [3.8, 4) is 17.5 Å². The van der Waals surface area contributed by atoms with Crippen LogP contribution < -0.4 is 4.72 Å². The van der Waals surface area contributed by atoms with Gasteiger partial charge in [0, 0.05) is 6.20 Å². The van der Waals surface area contributed by atoms with Gasteiger partial charge in [0.15, 0.2) is 0 Å². The molecule has 2 aromatic heterocycles. The van der Waals surface area contributed by atoms with Crippen LogP contribution in [0.1, 0.15) is 5.56 Å². The van der Waals surface area contributed by atoms with Gasteiger partial charge >= 0.3 is 0 Å². The summed E-state index contributed by atoms with van der Waals surface area (Å²) in [6, 6.07) is 9.04. The normalized spacial score (nSPS) is 11.1. The molecule has 0 amide bonds. The van der Waals surface area contributed by atoms with Crippen molar-refractivity contribution in [1.29, 1.82) is 5.26 Å². The zero-order valence-electron chi connectivity index (χ0n) is 12.5. The molecule has 3 rings (SSSR count). The third kappa shape index (κ3) is 3.49. The number of H-pyrrole nitrogens is 1. The van der Waals surface area contributed by atoms with Crippen molar-refractivity contribution in [2.24, 2.45) is 0 Å². The SMILES string of the molecule is N#Cc1ccc(NS(=O)(=O)c2c[nH]c(-c3ccc(F)cn3)c2)c(F)c1. The van der Waals surface area contributed by atoms with Crippen LogP contribution in [-0.4, -0.2) is 18.4 Å². The Labute approximate surface area is 141 Å². The van der Waals surface area contributed by atoms with E-state index >= 15 is 0 Å². The molecule has 0 spiro atoms. The van der Waals surface area contributed by atoms with E-state index in [-0.39, 0.29) is 16.1 Å². The Bertz CT molecular complexity index is 1070. The summed E-state index contributed by atoms with van der Waals surface area (Å²) in [6.07, 6.45) is 2.22. The van der Waals surface area contributed by atoms with E-state index in [9.17, 15) is 17.2 Å². The number of nitriles is 1. The Morgan fingerprint density at radius 2 is 1.96 bits per heavy atom. The van der Waals surface area contributed by atoms with E-state index in [0.29, 0.717) is 11.4 Å². The van der Waals surface area contributed by atoms with Crippen molar-refractivity contribution in [3.63, 3.8) is 0 Å². The number of rotatable bonds is 4. The number of hydrogen-bond donors (Lipinski definition) is 2. The summed E-state index contributed by atoms with van der Waals surface area (Å²) in [4.78, 5) is 6.43. The number of halogens is 2. The molecule has 0 fully saturated rings. The number of nitrogens with one attached hydrogen (secondary N) is 2. The van der Waals surface area contributed by atoms with Crippen molar-refractivity contribution in [1.82, 2.24) is 9.97 Å². The molecule has 0 unspecified atom stereocenters. The van der Waals surface area contributed by atoms with Gasteiger partial charge < -0.3 is 4.98 Å². The number of aromatic amines is 1. The minimum absolute atomic E-state index is 0.0757. The van der Waals surface area contributed by atoms with Crippen LogP contribution in [0.3, 0.4) is 0 Å². The van der Waals surface area contributed by atoms with Crippen LogP contribution in [0.25, 0.3) is 11.4 Å². The van der Waals surface area contributed by atoms with Gasteiger partial charge in [-0.15, -0.1) is 0 Å². The largest absolute Gasteiger partial charge is 0.359 e. The standard InChI is InChI=1S/C16H10F2N4O2S/c17-11-2-4-15(20-8-11)16-6-12(9-21-16)25(23,24)22-14-3-1-10(7-19)5-13(14)18/h1-6,8-9,21-22H. The number of benzene rings is 1. The lowest BCUT2D eigenvalue weighted by Gasteiger charge is -2.07. The Hall–Kier alpha value is -3.25. The molecule has 0 radical (unpaired) electrons. The van der Waals surface area contributed by atoms with Gasteiger partial charge in [0.2, 0.25) is 0 Å². The predicted molar refractivity (Wildman–Crippen MR) is 85.9 cm³/mol. The van der Waals surface area contributed by atoms with Gasteiger partial charge in [-0.2, -0.15) is 5.26 Å². The van der Waals surface area contributed by atoms with Gasteiger partial charge in [-0.3, -0.25) is 9.71 Å². The fourth-order valence-electron chi connectivity index (χ4n) is 2.08. The van der Waals surface area contributed by atoms with Crippen LogP contribution in [-0.2, 0) is 10.0 Å². The van der Waals surface area contributed by atoms with E-state index in [1.54, 1.807) is 6.07 Å². The third-order valence-corrected chi connectivity index (χ3v) is 4.66. The van der Waals surface area contributed by atoms with E-state index in [2.05, 4.69) is 14.7 Å². The van der Waals surface area contributed by atoms with Gasteiger partial charge in [-0.1, -0.05) is 0 Å². The maximum atomic E-state index is 13.9. The molecule has 0 saturated heterocycles. The van der Waals surface area contributed by atoms with Crippen LogP contribution in [0.2, 0.25) is 0 Å². The summed E-state index contributed by atoms with van der Waals surface area (Å²) in [7, 11) is -4.06. The number of hydrogen-bond acceptors (Lipinski definition) is 4. The molecule has 1 aromatic carbocycles. The minimum Gasteiger partial charge on any atom is -0.359 e. The molecular formula is C16H10F2N4O2S. The molecule has 3 aromatic rings. The molecule has 0 atom stereocenters. The van der Waals surface area contributed by atoms with Gasteiger partial charge in [0.05, 0.1) is 34.9 Å². The Balaban J connectivity index is 1.88. The summed E-state index contributed by atoms with van der Waals surface area (Å²) in [6.45, 7) is 0. The van der Waals surface area contributed by atoms with Gasteiger partial charge in [0.25, 0.3) is 10.0 Å². The summed E-state index contributed by atoms with van der Waals surface area (Å²) in [5.74, 6) is -1.38. The molecule has 126 valence electrons. The molecule has 2 N–H and O–H groups in total. The maximum absolute atomic E-state index is 13.9. The molecule has 2 heterocycles. The zero-order chi connectivity index (χ0) is 18.0. The molecule has 0 aliphatic carbocycles. The third-order valence-electron chi connectivity index (χ3n) is 3.31. The quantitative estimate of drug-likeness (QED) is 0.747. The predicted octanol–water partition coefficient (Wildman–Crippen LogP) is 3.03. The minimum atomic E-state index is -4.06. The Kier molecular flexibility index (Phi) is 4.21. The second kappa shape index (κ2) is 6.33. The number of nitrogens with zero attached hydrogens (tertiary/aromatic N) is 2. The first kappa shape index (κ1) is 16.6. The van der Waals surface area contributed by atoms with Crippen LogP contribution in [0, 0.1) is 23.0 Å². The van der Waals surface area contributed by atoms with Crippen LogP contribution in [0.4, 0.5) is 14.5 Å². The highest BCUT2D eigenvalue weighted by molar-refractivity contribution is 7.92. The summed E-state index contributed by atoms with van der Waals surface area (Å²) in [5.41, 5.74) is 0.515. The van der Waals surface area contributed by atoms with Crippen molar-refractivity contribution >= 4 is 15.7 Å². The lowest BCUT2D eigenvalue weighted by Crippen LogP contribution is -2.13. The second-order valence-corrected chi connectivity index (χ2v) is 6.71. The van der Waals surface area contributed by atoms with Crippen molar-refractivity contribution in [2.45, 2.75) is 4.90 Å². The zero-order valence-corrected chi connectivity index (χ0v) is 13.3. The van der Waals surface area contributed by atoms with Gasteiger partial charge in [0.1, 0.15) is 16.5 Å². The van der Waals surface area contributed by atoms with Gasteiger partial charge in [-0.05, 0) is 36.4 Å². The van der Waals surface area contributed by atoms with Crippen molar-refractivity contribution in [3.05, 3.63) is 66.0 Å². The smallest absolute Gasteiger partial charge is 0.263 e. The number of aromatic nitrogens is 2. The van der Waals surface area contributed by atoms with Gasteiger partial charge in [-0.25, -0.2) is 17.2 Å². The Morgan fingerprint density at radius 3 is 2.60 bits per heavy atom. The first-order valence-electron chi connectivity index (χ1n) is 6.92. The highest BCUT2D eigenvalue weighted by atomic mass is 32.2. The number of anilines is 1. The summed E-state index contributed by atoms with van der Waals surface area (Å²) in [5, 5.41) is 8.70. The van der Waals surface area contributed by atoms with E-state index in [1.165, 1.54) is 36.5 Å². The highest BCUT2D eigenvalue weighted by Gasteiger charge is 2.19. The average Bonchev–Trinajstić information content (AvgIpc) is 3.08. The molecule has 0 bridgehead atoms. The van der Waals surface area contributed by atoms with Crippen LogP contribution >= 0.6 is 0 Å². The number of sulfonamides is 1. The molecular weight excluding hydrogens is 350 g/mol. The van der Waals surface area contributed by atoms with Crippen molar-refractivity contribution < 1.29 is 17.2 Å². The maximum Gasteiger partial charge on any atom is 0.263 e. The first-order chi connectivity index (χ1) is 11.9. The Morgan fingerprint density at radius 1 is 1.16 bits per heavy atom. The lowest BCUT2D eigenvalue weighted by atomic mass is 10.2. The second-order valence-electron chi connectivity index (χ2n) is 5.02. The highest BCUT2D eigenvalue weighted by Crippen LogP contribution is 2.23. The van der Waals surface area contributed by atoms with Crippen LogP contribution in [0.15, 0.2) is 53.7 Å². The molecule has 6 nitrogen and oxygen atoms in total. The number of pyridine rings is 1. The molecule has 0 aliphatic heterocycles. The summed E-state index contributed by atoms with van der Waals surface area (Å²) < 4.78 is 53.6. The molecule has 25 heavy (non-hydrogen) atoms. The molecule has 9 heteroatoms. The first-order valence-corrected chi connectivity index (χ1v) is 8.40. The van der Waals surface area contributed by atoms with Crippen molar-refractivity contribution in [2.75, 3.05) is 4.72 Å². The lowest BCUT2D eigenvalue weighted by molar-refractivity contribution is 0.598.